The second-order valence-corrected chi connectivity index (χ2v) is 6.39. The summed E-state index contributed by atoms with van der Waals surface area (Å²) in [5.41, 5.74) is 2.17. The highest BCUT2D eigenvalue weighted by molar-refractivity contribution is 5.90. The van der Waals surface area contributed by atoms with Crippen LogP contribution in [-0.2, 0) is 9.53 Å². The van der Waals surface area contributed by atoms with Crippen molar-refractivity contribution in [2.24, 2.45) is 0 Å². The number of likely N-dealkylation sites (N-methyl/N-ethyl adjacent to an activating group) is 1. The lowest BCUT2D eigenvalue weighted by Crippen LogP contribution is -2.36. The van der Waals surface area contributed by atoms with Gasteiger partial charge in [-0.25, -0.2) is 14.3 Å². The molecule has 0 aliphatic carbocycles. The lowest BCUT2D eigenvalue weighted by Gasteiger charge is -2.25. The fraction of sp³-hybridized carbons (Fsp3) is 0.350. The van der Waals surface area contributed by atoms with E-state index in [0.717, 1.165) is 11.4 Å². The fourth-order valence-corrected chi connectivity index (χ4v) is 3.00. The highest BCUT2D eigenvalue weighted by Crippen LogP contribution is 2.21. The number of aromatic nitrogens is 4. The van der Waals surface area contributed by atoms with E-state index in [0.29, 0.717) is 24.4 Å². The van der Waals surface area contributed by atoms with Crippen LogP contribution in [0.5, 0.6) is 0 Å². The first-order valence-corrected chi connectivity index (χ1v) is 9.20. The fourth-order valence-electron chi connectivity index (χ4n) is 3.00. The van der Waals surface area contributed by atoms with Crippen LogP contribution >= 0.6 is 0 Å². The summed E-state index contributed by atoms with van der Waals surface area (Å²) in [5, 5.41) is 4.19. The van der Waals surface area contributed by atoms with Gasteiger partial charge in [0.25, 0.3) is 17.5 Å². The summed E-state index contributed by atoms with van der Waals surface area (Å²) in [6.07, 6.45) is -1.06. The molecular weight excluding hydrogens is 358 g/mol. The number of hydrogen-bond acceptors (Lipinski definition) is 6. The van der Waals surface area contributed by atoms with E-state index in [-0.39, 0.29) is 11.7 Å². The van der Waals surface area contributed by atoms with Crippen LogP contribution < -0.4 is 0 Å². The van der Waals surface area contributed by atoms with Crippen molar-refractivity contribution in [3.05, 3.63) is 59.2 Å². The van der Waals surface area contributed by atoms with Crippen molar-refractivity contribution in [1.82, 2.24) is 24.5 Å². The maximum Gasteiger partial charge on any atom is 0.379 e. The first kappa shape index (κ1) is 19.5. The van der Waals surface area contributed by atoms with E-state index in [1.165, 1.54) is 4.52 Å². The number of benzene rings is 1. The van der Waals surface area contributed by atoms with Crippen LogP contribution in [0.2, 0.25) is 0 Å². The largest absolute Gasteiger partial charge is 0.441 e. The molecule has 0 radical (unpaired) electrons. The van der Waals surface area contributed by atoms with Gasteiger partial charge in [0.15, 0.2) is 0 Å². The average Bonchev–Trinajstić information content (AvgIpc) is 3.12. The average molecular weight is 381 g/mol. The molecule has 1 aromatic carbocycles. The minimum absolute atomic E-state index is 0.130. The van der Waals surface area contributed by atoms with Crippen molar-refractivity contribution in [3.8, 4) is 0 Å². The van der Waals surface area contributed by atoms with Crippen LogP contribution in [0, 0.1) is 13.8 Å². The molecule has 28 heavy (non-hydrogen) atoms. The van der Waals surface area contributed by atoms with Crippen LogP contribution in [0.1, 0.15) is 47.5 Å². The van der Waals surface area contributed by atoms with Crippen LogP contribution in [0.3, 0.4) is 0 Å². The van der Waals surface area contributed by atoms with Gasteiger partial charge in [0.1, 0.15) is 0 Å². The summed E-state index contributed by atoms with van der Waals surface area (Å²) in [6, 6.07) is 10.8. The Labute approximate surface area is 163 Å². The topological polar surface area (TPSA) is 89.7 Å². The molecule has 3 rings (SSSR count). The zero-order valence-corrected chi connectivity index (χ0v) is 16.4. The van der Waals surface area contributed by atoms with Gasteiger partial charge < -0.3 is 9.64 Å². The molecule has 8 nitrogen and oxygen atoms in total. The van der Waals surface area contributed by atoms with Gasteiger partial charge in [-0.1, -0.05) is 30.3 Å². The predicted molar refractivity (Wildman–Crippen MR) is 103 cm³/mol. The van der Waals surface area contributed by atoms with Gasteiger partial charge in [-0.05, 0) is 33.8 Å². The summed E-state index contributed by atoms with van der Waals surface area (Å²) < 4.78 is 7.05. The smallest absolute Gasteiger partial charge is 0.379 e. The van der Waals surface area contributed by atoms with E-state index in [9.17, 15) is 9.59 Å². The van der Waals surface area contributed by atoms with E-state index in [1.54, 1.807) is 29.2 Å². The molecule has 0 aliphatic rings. The molecule has 0 bridgehead atoms. The summed E-state index contributed by atoms with van der Waals surface area (Å²) in [4.78, 5) is 35.7. The number of ether oxygens (including phenoxy) is 1. The van der Waals surface area contributed by atoms with Crippen LogP contribution in [0.4, 0.5) is 0 Å². The van der Waals surface area contributed by atoms with Gasteiger partial charge >= 0.3 is 5.97 Å². The van der Waals surface area contributed by atoms with Crippen LogP contribution in [0.15, 0.2) is 36.4 Å². The minimum atomic E-state index is -1.06. The third kappa shape index (κ3) is 3.85. The molecule has 3 aromatic rings. The molecule has 2 heterocycles. The highest BCUT2D eigenvalue weighted by Gasteiger charge is 2.30. The van der Waals surface area contributed by atoms with Crippen LogP contribution in [0.25, 0.3) is 5.78 Å². The summed E-state index contributed by atoms with van der Waals surface area (Å²) in [5.74, 6) is -0.861. The molecule has 1 atom stereocenters. The number of nitrogens with zero attached hydrogens (tertiary/aromatic N) is 5. The molecule has 8 heteroatoms. The normalized spacial score (nSPS) is 12.0. The molecule has 146 valence electrons. The van der Waals surface area contributed by atoms with E-state index in [4.69, 9.17) is 4.74 Å². The van der Waals surface area contributed by atoms with Gasteiger partial charge in [-0.15, -0.1) is 5.10 Å². The van der Waals surface area contributed by atoms with Gasteiger partial charge in [0, 0.05) is 30.0 Å². The van der Waals surface area contributed by atoms with E-state index in [1.807, 2.05) is 39.8 Å². The number of aryl methyl sites for hydroxylation is 2. The monoisotopic (exact) mass is 381 g/mol. The van der Waals surface area contributed by atoms with Crippen molar-refractivity contribution in [3.63, 3.8) is 0 Å². The number of carbonyl (C=O) groups excluding carboxylic acids is 2. The zero-order valence-electron chi connectivity index (χ0n) is 16.4. The second-order valence-electron chi connectivity index (χ2n) is 6.39. The van der Waals surface area contributed by atoms with Gasteiger partial charge in [0.2, 0.25) is 6.10 Å². The van der Waals surface area contributed by atoms with E-state index in [2.05, 4.69) is 15.1 Å². The molecule has 0 unspecified atom stereocenters. The molecule has 1 amide bonds. The van der Waals surface area contributed by atoms with Gasteiger partial charge in [-0.2, -0.15) is 4.98 Å². The SMILES string of the molecule is CCN(CC)C(=O)[C@H](OC(=O)c1nc2nc(C)cc(C)n2n1)c1ccccc1. The van der Waals surface area contributed by atoms with Crippen molar-refractivity contribution < 1.29 is 14.3 Å². The number of fused-ring (bicyclic) bond motifs is 1. The predicted octanol–water partition coefficient (Wildman–Crippen LogP) is 2.51. The van der Waals surface area contributed by atoms with Gasteiger partial charge in [0.05, 0.1) is 0 Å². The Morgan fingerprint density at radius 2 is 1.79 bits per heavy atom. The summed E-state index contributed by atoms with van der Waals surface area (Å²) >= 11 is 0. The Bertz CT molecular complexity index is 996. The second kappa shape index (κ2) is 8.16. The maximum absolute atomic E-state index is 12.9. The number of amides is 1. The molecular formula is C20H23N5O3. The Morgan fingerprint density at radius 1 is 1.11 bits per heavy atom. The molecule has 0 N–H and O–H groups in total. The van der Waals surface area contributed by atoms with Crippen molar-refractivity contribution in [2.75, 3.05) is 13.1 Å². The highest BCUT2D eigenvalue weighted by atomic mass is 16.5. The maximum atomic E-state index is 12.9. The van der Waals surface area contributed by atoms with E-state index >= 15 is 0 Å². The Hall–Kier alpha value is -3.29. The number of carbonyl (C=O) groups is 2. The number of hydrogen-bond donors (Lipinski definition) is 0. The third-order valence-electron chi connectivity index (χ3n) is 4.43. The molecule has 0 fully saturated rings. The first-order chi connectivity index (χ1) is 13.4. The van der Waals surface area contributed by atoms with Gasteiger partial charge in [-0.3, -0.25) is 4.79 Å². The van der Waals surface area contributed by atoms with Crippen molar-refractivity contribution >= 4 is 17.7 Å². The number of rotatable bonds is 6. The standard InChI is InChI=1S/C20H23N5O3/c1-5-24(6-2)18(26)16(15-10-8-7-9-11-15)28-19(27)17-22-20-21-13(3)12-14(4)25(20)23-17/h7-12,16H,5-6H2,1-4H3/t16-/m1/s1. The molecule has 0 aliphatic heterocycles. The summed E-state index contributed by atoms with van der Waals surface area (Å²) in [7, 11) is 0. The van der Waals surface area contributed by atoms with Crippen LogP contribution in [-0.4, -0.2) is 49.4 Å². The lowest BCUT2D eigenvalue weighted by atomic mass is 10.1. The summed E-state index contributed by atoms with van der Waals surface area (Å²) in [6.45, 7) is 8.49. The molecule has 2 aromatic heterocycles. The quantitative estimate of drug-likeness (QED) is 0.610. The van der Waals surface area contributed by atoms with E-state index < -0.39 is 12.1 Å². The number of esters is 1. The minimum Gasteiger partial charge on any atom is -0.441 e. The van der Waals surface area contributed by atoms with Crippen molar-refractivity contribution in [2.45, 2.75) is 33.8 Å². The first-order valence-electron chi connectivity index (χ1n) is 9.20. The molecule has 0 saturated heterocycles. The Morgan fingerprint density at radius 3 is 2.43 bits per heavy atom. The third-order valence-corrected chi connectivity index (χ3v) is 4.43. The Balaban J connectivity index is 1.93. The lowest BCUT2D eigenvalue weighted by molar-refractivity contribution is -0.140. The zero-order chi connectivity index (χ0) is 20.3. The Kier molecular flexibility index (Phi) is 5.67. The molecule has 0 saturated carbocycles. The van der Waals surface area contributed by atoms with Crippen molar-refractivity contribution in [1.29, 1.82) is 0 Å². The molecule has 0 spiro atoms.